The second-order valence-electron chi connectivity index (χ2n) is 2.23. The molecule has 2 aromatic rings. The Bertz CT molecular complexity index is 300. The summed E-state index contributed by atoms with van der Waals surface area (Å²) in [6.45, 7) is 0. The monoisotopic (exact) mass is 363 g/mol. The third-order valence-corrected chi connectivity index (χ3v) is 1.55. The van der Waals surface area contributed by atoms with E-state index in [-0.39, 0.29) is 18.5 Å². The Morgan fingerprint density at radius 3 is 2.42 bits per heavy atom. The molecule has 0 heterocycles. The molecule has 2 rings (SSSR count). The predicted octanol–water partition coefficient (Wildman–Crippen LogP) is 4.25. The molecule has 12 heavy (non-hydrogen) atoms. The van der Waals surface area contributed by atoms with Crippen molar-refractivity contribution in [3.63, 3.8) is 0 Å². The summed E-state index contributed by atoms with van der Waals surface area (Å²) in [4.78, 5) is 0. The summed E-state index contributed by atoms with van der Waals surface area (Å²) in [7, 11) is 0. The van der Waals surface area contributed by atoms with Crippen LogP contribution in [0.2, 0.25) is 0 Å². The van der Waals surface area contributed by atoms with E-state index in [0.717, 1.165) is 0 Å². The number of hydrogen-bond donors (Lipinski definition) is 0. The van der Waals surface area contributed by atoms with Crippen LogP contribution < -0.4 is 0 Å². The summed E-state index contributed by atoms with van der Waals surface area (Å²) in [5.74, 6) is 0. The van der Waals surface area contributed by atoms with Crippen LogP contribution in [0.25, 0.3) is 10.8 Å². The Morgan fingerprint density at radius 2 is 1.75 bits per heavy atom. The van der Waals surface area contributed by atoms with E-state index in [0.29, 0.717) is 0 Å². The summed E-state index contributed by atoms with van der Waals surface area (Å²) in [6.07, 6.45) is 0. The average molecular weight is 366 g/mol. The molecule has 0 saturated carbocycles. The molecule has 0 aliphatic heterocycles. The molecule has 0 amide bonds. The third kappa shape index (κ3) is 3.20. The topological polar surface area (TPSA) is 0 Å². The first kappa shape index (κ1) is 10.8. The second kappa shape index (κ2) is 6.18. The second-order valence-corrected chi connectivity index (χ2v) is 13.6. The smallest absolute Gasteiger partial charge is 0.0809 e. The van der Waals surface area contributed by atoms with Gasteiger partial charge in [0, 0.05) is 0 Å². The van der Waals surface area contributed by atoms with E-state index in [1.165, 1.54) is 10.8 Å². The zero-order chi connectivity index (χ0) is 8.81. The van der Waals surface area contributed by atoms with Crippen LogP contribution in [0.5, 0.6) is 0 Å². The van der Waals surface area contributed by atoms with E-state index in [9.17, 15) is 0 Å². The minimum atomic E-state index is -0.145. The van der Waals surface area contributed by atoms with Gasteiger partial charge in [0.2, 0.25) is 0 Å². The zero-order valence-corrected chi connectivity index (χ0v) is 11.9. The fourth-order valence-corrected chi connectivity index (χ4v) is 1.07. The van der Waals surface area contributed by atoms with Crippen LogP contribution in [-0.2, 0) is 18.5 Å². The average Bonchev–Trinajstić information content (AvgIpc) is 2.52. The first-order chi connectivity index (χ1) is 5.88. The number of fused-ring (bicyclic) bond motifs is 1. The molecule has 0 atom stereocenters. The normalized spacial score (nSPS) is 8.83. The first-order valence-corrected chi connectivity index (χ1v) is 14.7. The minimum absolute atomic E-state index is 0.145. The fourth-order valence-electron chi connectivity index (χ4n) is 1.07. The maximum absolute atomic E-state index is 3.23. The largest absolute Gasteiger partial charge is 0.168 e. The third-order valence-electron chi connectivity index (χ3n) is 1.55. The molecule has 0 aliphatic rings. The van der Waals surface area contributed by atoms with E-state index in [1.54, 1.807) is 0 Å². The van der Waals surface area contributed by atoms with Crippen molar-refractivity contribution in [3.8, 4) is 0 Å². The van der Waals surface area contributed by atoms with E-state index in [1.807, 2.05) is 0 Å². The SMILES string of the molecule is [Br][Zr][Br].c1ccc2[cH-]ccc2c1. The Morgan fingerprint density at radius 1 is 1.08 bits per heavy atom. The van der Waals surface area contributed by atoms with Gasteiger partial charge in [-0.1, -0.05) is 6.07 Å². The summed E-state index contributed by atoms with van der Waals surface area (Å²) in [6, 6.07) is 14.7. The molecular formula is C9H7Br2Zr-. The van der Waals surface area contributed by atoms with Crippen molar-refractivity contribution in [2.75, 3.05) is 0 Å². The molecule has 0 spiro atoms. The van der Waals surface area contributed by atoms with Gasteiger partial charge >= 0.3 is 43.0 Å². The number of hydrogen-bond acceptors (Lipinski definition) is 0. The number of benzene rings is 1. The van der Waals surface area contributed by atoms with Crippen LogP contribution in [-0.4, -0.2) is 0 Å². The van der Waals surface area contributed by atoms with Crippen LogP contribution in [0.4, 0.5) is 0 Å². The molecule has 0 N–H and O–H groups in total. The zero-order valence-electron chi connectivity index (χ0n) is 6.30. The van der Waals surface area contributed by atoms with Gasteiger partial charge in [-0.2, -0.15) is 17.5 Å². The van der Waals surface area contributed by atoms with Gasteiger partial charge in [-0.25, -0.2) is 0 Å². The van der Waals surface area contributed by atoms with Crippen molar-refractivity contribution >= 4 is 35.2 Å². The van der Waals surface area contributed by atoms with Crippen molar-refractivity contribution in [2.45, 2.75) is 0 Å². The molecular weight excluding hydrogens is 359 g/mol. The molecule has 2 aromatic carbocycles. The maximum atomic E-state index is 3.23. The van der Waals surface area contributed by atoms with Crippen LogP contribution in [0.15, 0.2) is 42.5 Å². The van der Waals surface area contributed by atoms with E-state index < -0.39 is 0 Å². The van der Waals surface area contributed by atoms with Crippen LogP contribution in [0.3, 0.4) is 0 Å². The van der Waals surface area contributed by atoms with Crippen LogP contribution in [0.1, 0.15) is 0 Å². The molecule has 0 bridgehead atoms. The van der Waals surface area contributed by atoms with Gasteiger partial charge in [-0.05, 0) is 0 Å². The molecule has 62 valence electrons. The minimum Gasteiger partial charge on any atom is -0.168 e. The van der Waals surface area contributed by atoms with Gasteiger partial charge in [-0.3, -0.25) is 0 Å². The van der Waals surface area contributed by atoms with Crippen molar-refractivity contribution in [3.05, 3.63) is 42.5 Å². The molecule has 3 heteroatoms. The van der Waals surface area contributed by atoms with Crippen LogP contribution in [0, 0.1) is 0 Å². The van der Waals surface area contributed by atoms with Crippen molar-refractivity contribution in [2.24, 2.45) is 0 Å². The molecule has 0 saturated heterocycles. The van der Waals surface area contributed by atoms with Crippen molar-refractivity contribution in [1.82, 2.24) is 0 Å². The fraction of sp³-hybridized carbons (Fsp3) is 0. The quantitative estimate of drug-likeness (QED) is 0.612. The molecule has 0 aromatic heterocycles. The Balaban J connectivity index is 0.000000213. The summed E-state index contributed by atoms with van der Waals surface area (Å²) in [5, 5.41) is 2.66. The standard InChI is InChI=1S/C9H7.2BrH.Zr/c1-2-5-9-7-3-6-8(9)4-1;;;/h1-7H;2*1H;/q-1;;;+2/p-2. The van der Waals surface area contributed by atoms with Crippen LogP contribution >= 0.6 is 24.4 Å². The number of halogens is 2. The number of rotatable bonds is 0. The van der Waals surface area contributed by atoms with Gasteiger partial charge in [0.25, 0.3) is 0 Å². The van der Waals surface area contributed by atoms with Gasteiger partial charge in [0.05, 0.1) is 0 Å². The van der Waals surface area contributed by atoms with Crippen molar-refractivity contribution in [1.29, 1.82) is 0 Å². The Hall–Kier alpha value is 0.673. The summed E-state index contributed by atoms with van der Waals surface area (Å²) < 4.78 is 0. The maximum Gasteiger partial charge on any atom is -0.0809 e. The van der Waals surface area contributed by atoms with Crippen molar-refractivity contribution < 1.29 is 18.5 Å². The molecule has 0 fully saturated rings. The van der Waals surface area contributed by atoms with Gasteiger partial charge in [-0.15, -0.1) is 29.7 Å². The molecule has 0 nitrogen and oxygen atoms in total. The molecule has 0 radical (unpaired) electrons. The van der Waals surface area contributed by atoms with Gasteiger partial charge < -0.3 is 0 Å². The summed E-state index contributed by atoms with van der Waals surface area (Å²) in [5.41, 5.74) is 0. The van der Waals surface area contributed by atoms with E-state index in [2.05, 4.69) is 66.9 Å². The summed E-state index contributed by atoms with van der Waals surface area (Å²) >= 11 is 6.32. The predicted molar refractivity (Wildman–Crippen MR) is 57.4 cm³/mol. The van der Waals surface area contributed by atoms with E-state index in [4.69, 9.17) is 0 Å². The van der Waals surface area contributed by atoms with Gasteiger partial charge in [0.15, 0.2) is 0 Å². The Labute approximate surface area is 95.2 Å². The first-order valence-electron chi connectivity index (χ1n) is 3.45. The Kier molecular flexibility index (Phi) is 5.53. The molecule has 0 unspecified atom stereocenters. The molecule has 0 aliphatic carbocycles. The van der Waals surface area contributed by atoms with Gasteiger partial charge in [0.1, 0.15) is 0 Å². The van der Waals surface area contributed by atoms with E-state index >= 15 is 0 Å².